The molecule has 1 unspecified atom stereocenters. The van der Waals surface area contributed by atoms with Gasteiger partial charge in [0.2, 0.25) is 10.0 Å². The van der Waals surface area contributed by atoms with Crippen LogP contribution < -0.4 is 16.0 Å². The predicted molar refractivity (Wildman–Crippen MR) is 82.8 cm³/mol. The Bertz CT molecular complexity index is 894. The third-order valence-electron chi connectivity index (χ3n) is 3.00. The maximum absolute atomic E-state index is 12.2. The lowest BCUT2D eigenvalue weighted by Gasteiger charge is -2.10. The summed E-state index contributed by atoms with van der Waals surface area (Å²) in [6, 6.07) is 0. The van der Waals surface area contributed by atoms with Gasteiger partial charge in [0.05, 0.1) is 5.01 Å². The first-order valence-corrected chi connectivity index (χ1v) is 8.78. The SMILES string of the molecule is Cc1csc(C(C)CNS(=O)(=O)c2cn(C)c(=O)[nH]c2=O)n1. The molecule has 2 heterocycles. The number of thiazole rings is 1. The first-order valence-electron chi connectivity index (χ1n) is 6.42. The highest BCUT2D eigenvalue weighted by atomic mass is 32.2. The van der Waals surface area contributed by atoms with Crippen LogP contribution >= 0.6 is 11.3 Å². The highest BCUT2D eigenvalue weighted by Crippen LogP contribution is 2.19. The van der Waals surface area contributed by atoms with E-state index in [9.17, 15) is 18.0 Å². The molecule has 0 saturated heterocycles. The number of aromatic amines is 1. The number of aromatic nitrogens is 3. The van der Waals surface area contributed by atoms with Crippen LogP contribution in [0.3, 0.4) is 0 Å². The zero-order valence-electron chi connectivity index (χ0n) is 12.3. The number of H-pyrrole nitrogens is 1. The lowest BCUT2D eigenvalue weighted by atomic mass is 10.2. The predicted octanol–water partition coefficient (Wildman–Crippen LogP) is -0.0795. The molecule has 0 aliphatic carbocycles. The van der Waals surface area contributed by atoms with E-state index in [-0.39, 0.29) is 12.5 Å². The molecule has 0 saturated carbocycles. The molecule has 8 nitrogen and oxygen atoms in total. The van der Waals surface area contributed by atoms with Crippen molar-refractivity contribution in [2.45, 2.75) is 24.7 Å². The van der Waals surface area contributed by atoms with Gasteiger partial charge in [-0.15, -0.1) is 11.3 Å². The summed E-state index contributed by atoms with van der Waals surface area (Å²) >= 11 is 1.45. The maximum atomic E-state index is 12.2. The molecule has 2 aromatic heterocycles. The second kappa shape index (κ2) is 6.15. The van der Waals surface area contributed by atoms with Crippen molar-refractivity contribution >= 4 is 21.4 Å². The lowest BCUT2D eigenvalue weighted by molar-refractivity contribution is 0.570. The number of sulfonamides is 1. The number of aryl methyl sites for hydroxylation is 2. The Balaban J connectivity index is 2.20. The number of hydrogen-bond acceptors (Lipinski definition) is 6. The monoisotopic (exact) mass is 344 g/mol. The number of hydrogen-bond donors (Lipinski definition) is 2. The van der Waals surface area contributed by atoms with Crippen molar-refractivity contribution in [1.82, 2.24) is 19.3 Å². The van der Waals surface area contributed by atoms with Crippen LogP contribution in [0.5, 0.6) is 0 Å². The van der Waals surface area contributed by atoms with Crippen LogP contribution in [0.25, 0.3) is 0 Å². The van der Waals surface area contributed by atoms with Crippen LogP contribution in [0.15, 0.2) is 26.1 Å². The highest BCUT2D eigenvalue weighted by Gasteiger charge is 2.21. The van der Waals surface area contributed by atoms with Crippen molar-refractivity contribution in [2.75, 3.05) is 6.54 Å². The Labute approximate surface area is 130 Å². The van der Waals surface area contributed by atoms with Crippen molar-refractivity contribution < 1.29 is 8.42 Å². The zero-order chi connectivity index (χ0) is 16.5. The summed E-state index contributed by atoms with van der Waals surface area (Å²) in [5, 5.41) is 2.70. The van der Waals surface area contributed by atoms with Crippen LogP contribution in [0.4, 0.5) is 0 Å². The molecule has 0 aliphatic heterocycles. The molecule has 0 bridgehead atoms. The lowest BCUT2D eigenvalue weighted by Crippen LogP contribution is -2.36. The fraction of sp³-hybridized carbons (Fsp3) is 0.417. The Morgan fingerprint density at radius 1 is 1.45 bits per heavy atom. The molecule has 120 valence electrons. The summed E-state index contributed by atoms with van der Waals surface area (Å²) in [6.45, 7) is 3.81. The second-order valence-electron chi connectivity index (χ2n) is 4.94. The number of nitrogens with one attached hydrogen (secondary N) is 2. The van der Waals surface area contributed by atoms with Crippen molar-refractivity contribution in [3.63, 3.8) is 0 Å². The van der Waals surface area contributed by atoms with E-state index in [2.05, 4.69) is 9.71 Å². The zero-order valence-corrected chi connectivity index (χ0v) is 13.9. The molecular formula is C12H16N4O4S2. The van der Waals surface area contributed by atoms with Crippen LogP contribution in [0.2, 0.25) is 0 Å². The summed E-state index contributed by atoms with van der Waals surface area (Å²) in [7, 11) is -2.64. The number of rotatable bonds is 5. The molecule has 0 fully saturated rings. The van der Waals surface area contributed by atoms with Gasteiger partial charge >= 0.3 is 5.69 Å². The minimum Gasteiger partial charge on any atom is -0.302 e. The van der Waals surface area contributed by atoms with Gasteiger partial charge in [0, 0.05) is 36.8 Å². The summed E-state index contributed by atoms with van der Waals surface area (Å²) < 4.78 is 27.8. The molecule has 0 aliphatic rings. The van der Waals surface area contributed by atoms with E-state index < -0.39 is 26.2 Å². The van der Waals surface area contributed by atoms with Crippen molar-refractivity contribution in [3.8, 4) is 0 Å². The quantitative estimate of drug-likeness (QED) is 0.787. The van der Waals surface area contributed by atoms with Crippen molar-refractivity contribution in [2.24, 2.45) is 7.05 Å². The molecule has 2 N–H and O–H groups in total. The van der Waals surface area contributed by atoms with Crippen molar-refractivity contribution in [1.29, 1.82) is 0 Å². The van der Waals surface area contributed by atoms with Gasteiger partial charge < -0.3 is 4.57 Å². The van der Waals surface area contributed by atoms with Crippen molar-refractivity contribution in [3.05, 3.63) is 43.1 Å². The van der Waals surface area contributed by atoms with E-state index in [1.54, 1.807) is 0 Å². The Morgan fingerprint density at radius 2 is 2.14 bits per heavy atom. The average Bonchev–Trinajstić information content (AvgIpc) is 2.87. The largest absolute Gasteiger partial charge is 0.328 e. The summed E-state index contributed by atoms with van der Waals surface area (Å²) in [6.07, 6.45) is 1.00. The molecule has 22 heavy (non-hydrogen) atoms. The van der Waals surface area contributed by atoms with E-state index in [0.29, 0.717) is 0 Å². The van der Waals surface area contributed by atoms with Gasteiger partial charge in [-0.3, -0.25) is 9.78 Å². The molecule has 0 amide bonds. The van der Waals surface area contributed by atoms with Crippen LogP contribution in [0.1, 0.15) is 23.5 Å². The molecule has 1 atom stereocenters. The maximum Gasteiger partial charge on any atom is 0.328 e. The fourth-order valence-electron chi connectivity index (χ4n) is 1.73. The van der Waals surface area contributed by atoms with E-state index in [4.69, 9.17) is 0 Å². The van der Waals surface area contributed by atoms with Crippen LogP contribution in [-0.4, -0.2) is 29.5 Å². The van der Waals surface area contributed by atoms with Crippen LogP contribution in [0, 0.1) is 6.92 Å². The molecule has 0 aromatic carbocycles. The summed E-state index contributed by atoms with van der Waals surface area (Å²) in [5.41, 5.74) is -0.729. The van der Waals surface area contributed by atoms with Crippen LogP contribution in [-0.2, 0) is 17.1 Å². The molecule has 2 aromatic rings. The first kappa shape index (κ1) is 16.6. The van der Waals surface area contributed by atoms with E-state index in [1.165, 1.54) is 18.4 Å². The Morgan fingerprint density at radius 3 is 2.73 bits per heavy atom. The Kier molecular flexibility index (Phi) is 4.63. The summed E-state index contributed by atoms with van der Waals surface area (Å²) in [4.78, 5) is 28.7. The minimum absolute atomic E-state index is 0.109. The fourth-order valence-corrected chi connectivity index (χ4v) is 3.80. The smallest absolute Gasteiger partial charge is 0.302 e. The van der Waals surface area contributed by atoms with E-state index >= 15 is 0 Å². The minimum atomic E-state index is -4.00. The normalized spacial score (nSPS) is 13.2. The van der Waals surface area contributed by atoms with Gasteiger partial charge in [-0.1, -0.05) is 6.92 Å². The van der Waals surface area contributed by atoms with Gasteiger partial charge in [-0.05, 0) is 6.92 Å². The standard InChI is InChI=1S/C12H16N4O4S2/c1-7(11-14-8(2)6-21-11)4-13-22(19,20)9-5-16(3)12(18)15-10(9)17/h5-7,13H,4H2,1-3H3,(H,15,17,18). The molecular weight excluding hydrogens is 328 g/mol. The average molecular weight is 344 g/mol. The highest BCUT2D eigenvalue weighted by molar-refractivity contribution is 7.89. The third kappa shape index (κ3) is 3.51. The third-order valence-corrected chi connectivity index (χ3v) is 5.61. The molecule has 10 heteroatoms. The Hall–Kier alpha value is -1.78. The summed E-state index contributed by atoms with van der Waals surface area (Å²) in [5.74, 6) is -0.125. The van der Waals surface area contributed by atoms with Gasteiger partial charge in [0.15, 0.2) is 4.90 Å². The molecule has 0 radical (unpaired) electrons. The van der Waals surface area contributed by atoms with Gasteiger partial charge in [-0.2, -0.15) is 0 Å². The van der Waals surface area contributed by atoms with Gasteiger partial charge in [0.1, 0.15) is 0 Å². The van der Waals surface area contributed by atoms with E-state index in [1.807, 2.05) is 24.2 Å². The molecule has 0 spiro atoms. The second-order valence-corrected chi connectivity index (χ2v) is 7.57. The van der Waals surface area contributed by atoms with E-state index in [0.717, 1.165) is 21.5 Å². The molecule has 2 rings (SSSR count). The number of nitrogens with zero attached hydrogens (tertiary/aromatic N) is 2. The van der Waals surface area contributed by atoms with Gasteiger partial charge in [0.25, 0.3) is 5.56 Å². The topological polar surface area (TPSA) is 114 Å². The van der Waals surface area contributed by atoms with Gasteiger partial charge in [-0.25, -0.2) is 22.9 Å². The first-order chi connectivity index (χ1) is 10.2.